The number of carbonyl (C=O) groups is 1. The molecule has 1 nitrogen and oxygen atoms in total. The van der Waals surface area contributed by atoms with Gasteiger partial charge in [0, 0.05) is 0 Å². The number of rotatable bonds is 3. The van der Waals surface area contributed by atoms with E-state index in [1.807, 2.05) is 24.3 Å². The molecular formula is C9H9ClOSe. The molecule has 0 radical (unpaired) electrons. The molecule has 0 bridgehead atoms. The molecule has 0 aromatic heterocycles. The Kier molecular flexibility index (Phi) is 3.80. The van der Waals surface area contributed by atoms with Gasteiger partial charge in [-0.15, -0.1) is 0 Å². The normalized spacial score (nSPS) is 9.83. The molecule has 0 saturated heterocycles. The van der Waals surface area contributed by atoms with Gasteiger partial charge in [0.15, 0.2) is 0 Å². The fourth-order valence-corrected chi connectivity index (χ4v) is 2.31. The number of hydrogen-bond donors (Lipinski definition) is 0. The SMILES string of the molecule is CC(=O)C[Se]c1ccc(Cl)cc1. The third kappa shape index (κ3) is 3.40. The number of carbonyl (C=O) groups excluding carboxylic acids is 1. The summed E-state index contributed by atoms with van der Waals surface area (Å²) in [4.78, 5) is 10.7. The van der Waals surface area contributed by atoms with Gasteiger partial charge >= 0.3 is 83.1 Å². The van der Waals surface area contributed by atoms with Crippen molar-refractivity contribution in [1.29, 1.82) is 0 Å². The van der Waals surface area contributed by atoms with Crippen molar-refractivity contribution in [2.45, 2.75) is 12.2 Å². The standard InChI is InChI=1S/C9H9ClOSe/c1-7(11)6-12-9-4-2-8(10)3-5-9/h2-5H,6H2,1H3. The summed E-state index contributed by atoms with van der Waals surface area (Å²) in [5.41, 5.74) is 0. The molecule has 0 amide bonds. The second kappa shape index (κ2) is 4.66. The van der Waals surface area contributed by atoms with E-state index in [4.69, 9.17) is 11.6 Å². The zero-order chi connectivity index (χ0) is 8.97. The Labute approximate surface area is 83.3 Å². The molecule has 0 fully saturated rings. The molecule has 0 atom stereocenters. The second-order valence-corrected chi connectivity index (χ2v) is 5.08. The van der Waals surface area contributed by atoms with Crippen LogP contribution >= 0.6 is 11.6 Å². The number of benzene rings is 1. The Balaban J connectivity index is 2.53. The number of halogens is 1. The van der Waals surface area contributed by atoms with Crippen LogP contribution in [0.1, 0.15) is 6.92 Å². The Morgan fingerprint density at radius 1 is 1.42 bits per heavy atom. The summed E-state index contributed by atoms with van der Waals surface area (Å²) < 4.78 is 1.22. The molecule has 0 unspecified atom stereocenters. The van der Waals surface area contributed by atoms with Gasteiger partial charge < -0.3 is 0 Å². The van der Waals surface area contributed by atoms with Gasteiger partial charge in [-0.2, -0.15) is 0 Å². The molecule has 0 aliphatic carbocycles. The van der Waals surface area contributed by atoms with Gasteiger partial charge in [-0.25, -0.2) is 0 Å². The number of ketones is 1. The summed E-state index contributed by atoms with van der Waals surface area (Å²) in [7, 11) is 0. The Morgan fingerprint density at radius 3 is 2.50 bits per heavy atom. The summed E-state index contributed by atoms with van der Waals surface area (Å²) in [6.07, 6.45) is 0. The van der Waals surface area contributed by atoms with Crippen molar-refractivity contribution < 1.29 is 4.79 Å². The van der Waals surface area contributed by atoms with Gasteiger partial charge in [0.1, 0.15) is 0 Å². The van der Waals surface area contributed by atoms with Crippen molar-refractivity contribution in [3.05, 3.63) is 29.3 Å². The summed E-state index contributed by atoms with van der Waals surface area (Å²) in [6, 6.07) is 7.67. The fraction of sp³-hybridized carbons (Fsp3) is 0.222. The van der Waals surface area contributed by atoms with Crippen LogP contribution in [0.4, 0.5) is 0 Å². The molecule has 1 rings (SSSR count). The molecule has 12 heavy (non-hydrogen) atoms. The van der Waals surface area contributed by atoms with E-state index in [0.717, 1.165) is 5.02 Å². The zero-order valence-corrected chi connectivity index (χ0v) is 9.18. The molecule has 0 heterocycles. The maximum atomic E-state index is 10.7. The van der Waals surface area contributed by atoms with E-state index in [2.05, 4.69) is 0 Å². The second-order valence-electron chi connectivity index (χ2n) is 2.44. The summed E-state index contributed by atoms with van der Waals surface area (Å²) >= 11 is 5.99. The molecule has 64 valence electrons. The van der Waals surface area contributed by atoms with Gasteiger partial charge in [0.25, 0.3) is 0 Å². The third-order valence-electron chi connectivity index (χ3n) is 1.26. The topological polar surface area (TPSA) is 17.1 Å². The quantitative estimate of drug-likeness (QED) is 0.743. The van der Waals surface area contributed by atoms with Gasteiger partial charge in [0.2, 0.25) is 0 Å². The molecule has 0 aliphatic rings. The Bertz CT molecular complexity index is 268. The van der Waals surface area contributed by atoms with Crippen LogP contribution in [0.15, 0.2) is 24.3 Å². The van der Waals surface area contributed by atoms with E-state index in [1.54, 1.807) is 6.92 Å². The molecule has 3 heteroatoms. The summed E-state index contributed by atoms with van der Waals surface area (Å²) in [5.74, 6) is 0.255. The van der Waals surface area contributed by atoms with Gasteiger partial charge in [-0.05, 0) is 0 Å². The van der Waals surface area contributed by atoms with Crippen LogP contribution in [0.25, 0.3) is 0 Å². The van der Waals surface area contributed by atoms with Crippen LogP contribution in [-0.2, 0) is 4.79 Å². The minimum absolute atomic E-state index is 0.255. The van der Waals surface area contributed by atoms with Gasteiger partial charge in [-0.1, -0.05) is 0 Å². The predicted molar refractivity (Wildman–Crippen MR) is 52.3 cm³/mol. The molecule has 1 aromatic carbocycles. The monoisotopic (exact) mass is 248 g/mol. The van der Waals surface area contributed by atoms with E-state index in [9.17, 15) is 4.79 Å². The predicted octanol–water partition coefficient (Wildman–Crippen LogP) is 1.68. The number of hydrogen-bond acceptors (Lipinski definition) is 1. The fourth-order valence-electron chi connectivity index (χ4n) is 0.716. The third-order valence-corrected chi connectivity index (χ3v) is 3.93. The van der Waals surface area contributed by atoms with Crippen LogP contribution in [-0.4, -0.2) is 20.7 Å². The van der Waals surface area contributed by atoms with E-state index in [0.29, 0.717) is 5.32 Å². The van der Waals surface area contributed by atoms with Crippen molar-refractivity contribution in [3.8, 4) is 0 Å². The first-order chi connectivity index (χ1) is 5.68. The van der Waals surface area contributed by atoms with E-state index >= 15 is 0 Å². The van der Waals surface area contributed by atoms with Gasteiger partial charge in [0.05, 0.1) is 0 Å². The molecule has 1 aromatic rings. The van der Waals surface area contributed by atoms with Crippen molar-refractivity contribution in [2.75, 3.05) is 0 Å². The Hall–Kier alpha value is -0.301. The van der Waals surface area contributed by atoms with Crippen molar-refractivity contribution >= 4 is 36.8 Å². The van der Waals surface area contributed by atoms with Crippen LogP contribution in [0.2, 0.25) is 10.3 Å². The van der Waals surface area contributed by atoms with Crippen LogP contribution in [0, 0.1) is 0 Å². The van der Waals surface area contributed by atoms with Crippen LogP contribution in [0.5, 0.6) is 0 Å². The Morgan fingerprint density at radius 2 is 2.00 bits per heavy atom. The molecule has 0 aliphatic heterocycles. The van der Waals surface area contributed by atoms with E-state index in [-0.39, 0.29) is 20.7 Å². The maximum absolute atomic E-state index is 10.7. The van der Waals surface area contributed by atoms with E-state index < -0.39 is 0 Å². The van der Waals surface area contributed by atoms with Crippen molar-refractivity contribution in [2.24, 2.45) is 0 Å². The van der Waals surface area contributed by atoms with Crippen molar-refractivity contribution in [3.63, 3.8) is 0 Å². The average molecular weight is 248 g/mol. The zero-order valence-electron chi connectivity index (χ0n) is 6.71. The average Bonchev–Trinajstić information content (AvgIpc) is 2.03. The summed E-state index contributed by atoms with van der Waals surface area (Å²) in [5, 5.41) is 1.42. The number of Topliss-reactive ketones (excluding diaryl/α,β-unsaturated/α-hetero) is 1. The minimum atomic E-state index is 0.255. The summed E-state index contributed by atoms with van der Waals surface area (Å²) in [6.45, 7) is 1.62. The molecule has 0 N–H and O–H groups in total. The van der Waals surface area contributed by atoms with Crippen molar-refractivity contribution in [1.82, 2.24) is 0 Å². The van der Waals surface area contributed by atoms with Crippen LogP contribution in [0.3, 0.4) is 0 Å². The first kappa shape index (κ1) is 9.78. The molecule has 0 spiro atoms. The first-order valence-corrected chi connectivity index (χ1v) is 6.01. The van der Waals surface area contributed by atoms with E-state index in [1.165, 1.54) is 4.46 Å². The first-order valence-electron chi connectivity index (χ1n) is 3.56. The molecular weight excluding hydrogens is 239 g/mol. The molecule has 0 saturated carbocycles. The van der Waals surface area contributed by atoms with Crippen LogP contribution < -0.4 is 4.46 Å². The van der Waals surface area contributed by atoms with Gasteiger partial charge in [-0.3, -0.25) is 0 Å².